The topological polar surface area (TPSA) is 26.3 Å². The Morgan fingerprint density at radius 2 is 1.71 bits per heavy atom. The third-order valence-corrected chi connectivity index (χ3v) is 3.54. The summed E-state index contributed by atoms with van der Waals surface area (Å²) in [5, 5.41) is 0. The third kappa shape index (κ3) is 3.52. The van der Waals surface area contributed by atoms with Crippen molar-refractivity contribution in [3.63, 3.8) is 0 Å². The van der Waals surface area contributed by atoms with Crippen LogP contribution < -0.4 is 0 Å². The molecular formula is C11H22O2S. The molecule has 0 aliphatic heterocycles. The van der Waals surface area contributed by atoms with Gasteiger partial charge in [-0.1, -0.05) is 13.8 Å². The normalized spacial score (nSPS) is 16.1. The second-order valence-corrected chi connectivity index (χ2v) is 4.89. The smallest absolute Gasteiger partial charge is 0.313 e. The second kappa shape index (κ2) is 5.06. The van der Waals surface area contributed by atoms with Crippen molar-refractivity contribution in [1.29, 1.82) is 0 Å². The van der Waals surface area contributed by atoms with Crippen molar-refractivity contribution in [2.75, 3.05) is 5.75 Å². The van der Waals surface area contributed by atoms with Gasteiger partial charge in [0.2, 0.25) is 0 Å². The van der Waals surface area contributed by atoms with Crippen LogP contribution in [-0.2, 0) is 9.53 Å². The van der Waals surface area contributed by atoms with Gasteiger partial charge in [-0.15, -0.1) is 0 Å². The van der Waals surface area contributed by atoms with Crippen LogP contribution in [0, 0.1) is 5.41 Å². The SMILES string of the molecule is CCC(C)(C)OC(=O)C(C)(CC)CS. The van der Waals surface area contributed by atoms with Gasteiger partial charge in [-0.05, 0) is 33.6 Å². The van der Waals surface area contributed by atoms with E-state index in [9.17, 15) is 4.79 Å². The summed E-state index contributed by atoms with van der Waals surface area (Å²) < 4.78 is 5.45. The first-order chi connectivity index (χ1) is 6.31. The highest BCUT2D eigenvalue weighted by Gasteiger charge is 2.34. The lowest BCUT2D eigenvalue weighted by Crippen LogP contribution is -2.37. The fraction of sp³-hybridized carbons (Fsp3) is 0.909. The van der Waals surface area contributed by atoms with Gasteiger partial charge in [-0.3, -0.25) is 4.79 Å². The highest BCUT2D eigenvalue weighted by Crippen LogP contribution is 2.27. The number of ether oxygens (including phenoxy) is 1. The highest BCUT2D eigenvalue weighted by atomic mass is 32.1. The summed E-state index contributed by atoms with van der Waals surface area (Å²) in [5.41, 5.74) is -0.813. The summed E-state index contributed by atoms with van der Waals surface area (Å²) in [6.07, 6.45) is 1.58. The molecule has 3 heteroatoms. The molecule has 0 spiro atoms. The Bertz CT molecular complexity index is 195. The standard InChI is InChI=1S/C11H22O2S/c1-6-10(3,4)13-9(12)11(5,7-2)8-14/h14H,6-8H2,1-5H3. The van der Waals surface area contributed by atoms with E-state index in [0.717, 1.165) is 12.8 Å². The van der Waals surface area contributed by atoms with Crippen LogP contribution in [-0.4, -0.2) is 17.3 Å². The van der Waals surface area contributed by atoms with Crippen LogP contribution in [0.1, 0.15) is 47.5 Å². The van der Waals surface area contributed by atoms with Gasteiger partial charge in [-0.25, -0.2) is 0 Å². The lowest BCUT2D eigenvalue weighted by atomic mass is 9.90. The molecule has 0 radical (unpaired) electrons. The van der Waals surface area contributed by atoms with Crippen molar-refractivity contribution in [1.82, 2.24) is 0 Å². The predicted molar refractivity (Wildman–Crippen MR) is 62.7 cm³/mol. The average molecular weight is 218 g/mol. The number of rotatable bonds is 5. The molecule has 0 aromatic heterocycles. The predicted octanol–water partition coefficient (Wildman–Crippen LogP) is 3.06. The minimum Gasteiger partial charge on any atom is -0.459 e. The summed E-state index contributed by atoms with van der Waals surface area (Å²) in [6, 6.07) is 0. The van der Waals surface area contributed by atoms with Gasteiger partial charge >= 0.3 is 5.97 Å². The average Bonchev–Trinajstić information content (AvgIpc) is 2.16. The number of carbonyl (C=O) groups is 1. The Labute approximate surface area is 92.8 Å². The van der Waals surface area contributed by atoms with Crippen molar-refractivity contribution in [2.24, 2.45) is 5.41 Å². The maximum Gasteiger partial charge on any atom is 0.313 e. The number of hydrogen-bond acceptors (Lipinski definition) is 3. The molecule has 14 heavy (non-hydrogen) atoms. The van der Waals surface area contributed by atoms with Gasteiger partial charge in [0.05, 0.1) is 5.41 Å². The molecule has 0 aliphatic rings. The van der Waals surface area contributed by atoms with E-state index < -0.39 is 5.41 Å². The van der Waals surface area contributed by atoms with Crippen molar-refractivity contribution >= 4 is 18.6 Å². The first-order valence-corrected chi connectivity index (χ1v) is 5.79. The van der Waals surface area contributed by atoms with E-state index in [0.29, 0.717) is 5.75 Å². The van der Waals surface area contributed by atoms with Crippen LogP contribution >= 0.6 is 12.6 Å². The van der Waals surface area contributed by atoms with Crippen LogP contribution in [0.3, 0.4) is 0 Å². The summed E-state index contributed by atoms with van der Waals surface area (Å²) >= 11 is 4.20. The fourth-order valence-electron chi connectivity index (χ4n) is 0.767. The Balaban J connectivity index is 4.48. The Morgan fingerprint density at radius 3 is 2.00 bits per heavy atom. The van der Waals surface area contributed by atoms with E-state index in [1.807, 2.05) is 34.6 Å². The van der Waals surface area contributed by atoms with E-state index in [2.05, 4.69) is 12.6 Å². The molecule has 0 aromatic carbocycles. The van der Waals surface area contributed by atoms with Gasteiger partial charge in [0, 0.05) is 5.75 Å². The van der Waals surface area contributed by atoms with Crippen LogP contribution in [0.25, 0.3) is 0 Å². The number of thiol groups is 1. The van der Waals surface area contributed by atoms with Crippen LogP contribution in [0.5, 0.6) is 0 Å². The van der Waals surface area contributed by atoms with Gasteiger partial charge in [-0.2, -0.15) is 12.6 Å². The van der Waals surface area contributed by atoms with Gasteiger partial charge in [0.15, 0.2) is 0 Å². The maximum atomic E-state index is 11.8. The Kier molecular flexibility index (Phi) is 4.99. The molecule has 1 unspecified atom stereocenters. The quantitative estimate of drug-likeness (QED) is 0.567. The molecule has 2 nitrogen and oxygen atoms in total. The number of carbonyl (C=O) groups excluding carboxylic acids is 1. The Hall–Kier alpha value is -0.180. The van der Waals surface area contributed by atoms with Gasteiger partial charge < -0.3 is 4.74 Å². The highest BCUT2D eigenvalue weighted by molar-refractivity contribution is 7.80. The van der Waals surface area contributed by atoms with E-state index in [1.54, 1.807) is 0 Å². The third-order valence-electron chi connectivity index (χ3n) is 2.84. The minimum absolute atomic E-state index is 0.137. The van der Waals surface area contributed by atoms with Gasteiger partial charge in [0.25, 0.3) is 0 Å². The van der Waals surface area contributed by atoms with Crippen molar-refractivity contribution in [2.45, 2.75) is 53.1 Å². The maximum absolute atomic E-state index is 11.8. The zero-order valence-electron chi connectivity index (χ0n) is 9.89. The van der Waals surface area contributed by atoms with Gasteiger partial charge in [0.1, 0.15) is 5.60 Å². The largest absolute Gasteiger partial charge is 0.459 e. The van der Waals surface area contributed by atoms with E-state index in [-0.39, 0.29) is 11.6 Å². The fourth-order valence-corrected chi connectivity index (χ4v) is 1.12. The van der Waals surface area contributed by atoms with Crippen LogP contribution in [0.15, 0.2) is 0 Å². The van der Waals surface area contributed by atoms with Crippen LogP contribution in [0.2, 0.25) is 0 Å². The first-order valence-electron chi connectivity index (χ1n) is 5.15. The summed E-state index contributed by atoms with van der Waals surface area (Å²) in [5.74, 6) is 0.393. The molecule has 0 N–H and O–H groups in total. The zero-order valence-corrected chi connectivity index (χ0v) is 10.8. The monoisotopic (exact) mass is 218 g/mol. The molecule has 0 heterocycles. The Morgan fingerprint density at radius 1 is 1.21 bits per heavy atom. The molecule has 0 aromatic rings. The number of hydrogen-bond donors (Lipinski definition) is 1. The molecule has 0 rings (SSSR count). The summed E-state index contributed by atoms with van der Waals surface area (Å²) in [6.45, 7) is 9.75. The second-order valence-electron chi connectivity index (χ2n) is 4.58. The van der Waals surface area contributed by atoms with Crippen LogP contribution in [0.4, 0.5) is 0 Å². The van der Waals surface area contributed by atoms with E-state index >= 15 is 0 Å². The number of esters is 1. The molecule has 0 aliphatic carbocycles. The van der Waals surface area contributed by atoms with E-state index in [1.165, 1.54) is 0 Å². The van der Waals surface area contributed by atoms with Crippen molar-refractivity contribution in [3.05, 3.63) is 0 Å². The van der Waals surface area contributed by atoms with E-state index in [4.69, 9.17) is 4.74 Å². The molecule has 84 valence electrons. The van der Waals surface area contributed by atoms with Crippen molar-refractivity contribution in [3.8, 4) is 0 Å². The summed E-state index contributed by atoms with van der Waals surface area (Å²) in [4.78, 5) is 11.8. The lowest BCUT2D eigenvalue weighted by molar-refractivity contribution is -0.167. The molecule has 0 saturated heterocycles. The molecule has 0 amide bonds. The van der Waals surface area contributed by atoms with Crippen molar-refractivity contribution < 1.29 is 9.53 Å². The minimum atomic E-state index is -0.449. The molecular weight excluding hydrogens is 196 g/mol. The summed E-state index contributed by atoms with van der Waals surface area (Å²) in [7, 11) is 0. The lowest BCUT2D eigenvalue weighted by Gasteiger charge is -2.30. The molecule has 0 fully saturated rings. The molecule has 1 atom stereocenters. The zero-order chi connectivity index (χ0) is 11.4. The molecule has 0 bridgehead atoms. The molecule has 0 saturated carbocycles. The first kappa shape index (κ1) is 13.8.